The van der Waals surface area contributed by atoms with Gasteiger partial charge in [0.15, 0.2) is 0 Å². The summed E-state index contributed by atoms with van der Waals surface area (Å²) in [6, 6.07) is 11.5. The average molecular weight is 365 g/mol. The lowest BCUT2D eigenvalue weighted by Gasteiger charge is -2.31. The average Bonchev–Trinajstić information content (AvgIpc) is 2.68. The quantitative estimate of drug-likeness (QED) is 0.692. The summed E-state index contributed by atoms with van der Waals surface area (Å²) < 4.78 is 14.2. The van der Waals surface area contributed by atoms with Crippen LogP contribution in [0, 0.1) is 23.1 Å². The van der Waals surface area contributed by atoms with Gasteiger partial charge in [-0.2, -0.15) is 5.26 Å². The molecule has 0 heterocycles. The smallest absolute Gasteiger partial charge is 0.335 e. The van der Waals surface area contributed by atoms with Crippen molar-refractivity contribution < 1.29 is 14.3 Å². The molecule has 0 aromatic heterocycles. The van der Waals surface area contributed by atoms with Crippen LogP contribution in [0.3, 0.4) is 0 Å². The molecule has 140 valence electrons. The molecular weight excluding hydrogens is 341 g/mol. The first kappa shape index (κ1) is 19.1. The van der Waals surface area contributed by atoms with E-state index in [-0.39, 0.29) is 11.5 Å². The van der Waals surface area contributed by atoms with Gasteiger partial charge in [-0.15, -0.1) is 0 Å². The second-order valence-corrected chi connectivity index (χ2v) is 7.38. The first-order valence-corrected chi connectivity index (χ1v) is 9.61. The Morgan fingerprint density at radius 1 is 1.22 bits per heavy atom. The van der Waals surface area contributed by atoms with Gasteiger partial charge in [0.1, 0.15) is 11.9 Å². The first-order valence-electron chi connectivity index (χ1n) is 9.61. The largest absolute Gasteiger partial charge is 0.478 e. The van der Waals surface area contributed by atoms with Crippen molar-refractivity contribution in [3.8, 4) is 17.2 Å². The highest BCUT2D eigenvalue weighted by Crippen LogP contribution is 2.42. The zero-order valence-corrected chi connectivity index (χ0v) is 15.5. The third-order valence-electron chi connectivity index (χ3n) is 5.69. The molecule has 0 unspecified atom stereocenters. The molecule has 0 amide bonds. The number of aromatic carboxylic acids is 1. The molecule has 3 rings (SSSR count). The SMILES string of the molecule is CCC[C@H]1CC[C@H](c2c(C(=O)O)cccc2-c2ccc(C#N)c(F)c2)CC1. The summed E-state index contributed by atoms with van der Waals surface area (Å²) in [5.41, 5.74) is 2.49. The lowest BCUT2D eigenvalue weighted by Crippen LogP contribution is -2.17. The van der Waals surface area contributed by atoms with Gasteiger partial charge >= 0.3 is 5.97 Å². The Labute approximate surface area is 159 Å². The molecule has 3 nitrogen and oxygen atoms in total. The Bertz CT molecular complexity index is 876. The van der Waals surface area contributed by atoms with Crippen molar-refractivity contribution in [1.29, 1.82) is 5.26 Å². The zero-order chi connectivity index (χ0) is 19.4. The number of carbonyl (C=O) groups is 1. The Balaban J connectivity index is 2.03. The fourth-order valence-electron chi connectivity index (χ4n) is 4.36. The molecule has 1 aliphatic rings. The maximum Gasteiger partial charge on any atom is 0.335 e. The van der Waals surface area contributed by atoms with Crippen LogP contribution in [0.25, 0.3) is 11.1 Å². The Morgan fingerprint density at radius 3 is 2.56 bits per heavy atom. The van der Waals surface area contributed by atoms with Gasteiger partial charge in [0, 0.05) is 0 Å². The fourth-order valence-corrected chi connectivity index (χ4v) is 4.36. The van der Waals surface area contributed by atoms with Crippen LogP contribution in [0.15, 0.2) is 36.4 Å². The van der Waals surface area contributed by atoms with E-state index in [2.05, 4.69) is 6.92 Å². The molecule has 2 aromatic carbocycles. The Kier molecular flexibility index (Phi) is 5.91. The van der Waals surface area contributed by atoms with Crippen molar-refractivity contribution in [2.45, 2.75) is 51.4 Å². The lowest BCUT2D eigenvalue weighted by molar-refractivity contribution is 0.0694. The number of carboxylic acid groups (broad SMARTS) is 1. The summed E-state index contributed by atoms with van der Waals surface area (Å²) in [4.78, 5) is 11.9. The number of nitrogens with zero attached hydrogens (tertiary/aromatic N) is 1. The van der Waals surface area contributed by atoms with Crippen molar-refractivity contribution in [3.05, 3.63) is 58.9 Å². The van der Waals surface area contributed by atoms with Gasteiger partial charge in [-0.05, 0) is 72.4 Å². The predicted molar refractivity (Wildman–Crippen MR) is 103 cm³/mol. The van der Waals surface area contributed by atoms with E-state index >= 15 is 0 Å². The minimum atomic E-state index is -0.948. The Morgan fingerprint density at radius 2 is 1.96 bits per heavy atom. The maximum atomic E-state index is 14.2. The lowest BCUT2D eigenvalue weighted by atomic mass is 9.74. The summed E-state index contributed by atoms with van der Waals surface area (Å²) in [7, 11) is 0. The van der Waals surface area contributed by atoms with Crippen molar-refractivity contribution in [2.24, 2.45) is 5.92 Å². The zero-order valence-electron chi connectivity index (χ0n) is 15.5. The van der Waals surface area contributed by atoms with Gasteiger partial charge in [0.2, 0.25) is 0 Å². The van der Waals surface area contributed by atoms with Gasteiger partial charge in [0.25, 0.3) is 0 Å². The van der Waals surface area contributed by atoms with E-state index in [1.54, 1.807) is 18.2 Å². The molecule has 0 saturated heterocycles. The van der Waals surface area contributed by atoms with E-state index in [0.29, 0.717) is 11.1 Å². The van der Waals surface area contributed by atoms with Crippen LogP contribution in [0.1, 0.15) is 72.9 Å². The van der Waals surface area contributed by atoms with Gasteiger partial charge in [-0.1, -0.05) is 38.0 Å². The van der Waals surface area contributed by atoms with Crippen LogP contribution in [-0.4, -0.2) is 11.1 Å². The van der Waals surface area contributed by atoms with Gasteiger partial charge < -0.3 is 5.11 Å². The van der Waals surface area contributed by atoms with Gasteiger partial charge in [-0.3, -0.25) is 0 Å². The normalized spacial score (nSPS) is 19.4. The monoisotopic (exact) mass is 365 g/mol. The number of hydrogen-bond donors (Lipinski definition) is 1. The van der Waals surface area contributed by atoms with E-state index in [1.807, 2.05) is 12.1 Å². The highest BCUT2D eigenvalue weighted by molar-refractivity contribution is 5.92. The minimum Gasteiger partial charge on any atom is -0.478 e. The predicted octanol–water partition coefficient (Wildman–Crippen LogP) is 6.14. The third-order valence-corrected chi connectivity index (χ3v) is 5.69. The molecule has 1 fully saturated rings. The van der Waals surface area contributed by atoms with Crippen molar-refractivity contribution in [1.82, 2.24) is 0 Å². The summed E-state index contributed by atoms with van der Waals surface area (Å²) in [6.45, 7) is 2.20. The molecular formula is C23H24FNO2. The molecule has 2 aromatic rings. The number of nitriles is 1. The maximum absolute atomic E-state index is 14.2. The third kappa shape index (κ3) is 4.03. The van der Waals surface area contributed by atoms with E-state index in [4.69, 9.17) is 5.26 Å². The van der Waals surface area contributed by atoms with Gasteiger partial charge in [0.05, 0.1) is 11.1 Å². The van der Waals surface area contributed by atoms with E-state index < -0.39 is 11.8 Å². The van der Waals surface area contributed by atoms with Crippen LogP contribution in [0.4, 0.5) is 4.39 Å². The van der Waals surface area contributed by atoms with Crippen LogP contribution in [0.2, 0.25) is 0 Å². The van der Waals surface area contributed by atoms with Crippen molar-refractivity contribution >= 4 is 5.97 Å². The molecule has 0 atom stereocenters. The molecule has 0 radical (unpaired) electrons. The molecule has 1 N–H and O–H groups in total. The molecule has 1 saturated carbocycles. The molecule has 1 aliphatic carbocycles. The second kappa shape index (κ2) is 8.35. The summed E-state index contributed by atoms with van der Waals surface area (Å²) in [5, 5.41) is 18.7. The standard InChI is InChI=1S/C23H24FNO2/c1-2-4-15-7-9-16(10-8-15)22-19(5-3-6-20(22)23(26)27)17-11-12-18(14-25)21(24)13-17/h3,5-6,11-13,15-16H,2,4,7-10H2,1H3,(H,26,27)/t15-,16-. The number of carboxylic acids is 1. The summed E-state index contributed by atoms with van der Waals surface area (Å²) >= 11 is 0. The first-order chi connectivity index (χ1) is 13.0. The van der Waals surface area contributed by atoms with Crippen molar-refractivity contribution in [3.63, 3.8) is 0 Å². The van der Waals surface area contributed by atoms with Crippen LogP contribution >= 0.6 is 0 Å². The van der Waals surface area contributed by atoms with E-state index in [1.165, 1.54) is 25.0 Å². The number of benzene rings is 2. The van der Waals surface area contributed by atoms with Crippen LogP contribution < -0.4 is 0 Å². The van der Waals surface area contributed by atoms with E-state index in [9.17, 15) is 14.3 Å². The summed E-state index contributed by atoms with van der Waals surface area (Å²) in [5.74, 6) is -0.636. The summed E-state index contributed by atoms with van der Waals surface area (Å²) in [6.07, 6.45) is 6.53. The fraction of sp³-hybridized carbons (Fsp3) is 0.391. The second-order valence-electron chi connectivity index (χ2n) is 7.38. The van der Waals surface area contributed by atoms with Gasteiger partial charge in [-0.25, -0.2) is 9.18 Å². The highest BCUT2D eigenvalue weighted by atomic mass is 19.1. The minimum absolute atomic E-state index is 0.00485. The number of hydrogen-bond acceptors (Lipinski definition) is 2. The van der Waals surface area contributed by atoms with Crippen LogP contribution in [0.5, 0.6) is 0 Å². The number of halogens is 1. The molecule has 27 heavy (non-hydrogen) atoms. The van der Waals surface area contributed by atoms with E-state index in [0.717, 1.165) is 42.7 Å². The van der Waals surface area contributed by atoms with Crippen LogP contribution in [-0.2, 0) is 0 Å². The topological polar surface area (TPSA) is 61.1 Å². The molecule has 4 heteroatoms. The molecule has 0 bridgehead atoms. The number of rotatable bonds is 5. The Hall–Kier alpha value is -2.67. The highest BCUT2D eigenvalue weighted by Gasteiger charge is 2.28. The molecule has 0 spiro atoms. The van der Waals surface area contributed by atoms with Crippen molar-refractivity contribution in [2.75, 3.05) is 0 Å². The molecule has 0 aliphatic heterocycles.